The number of likely N-dealkylation sites (N-methyl/N-ethyl adjacent to an activating group) is 1. The zero-order chi connectivity index (χ0) is 20.2. The number of aromatic nitrogens is 1. The Kier molecular flexibility index (Phi) is 5.95. The van der Waals surface area contributed by atoms with Crippen LogP contribution in [0.4, 0.5) is 4.39 Å². The number of nitrogens with one attached hydrogen (secondary N) is 1. The number of benzene rings is 2. The molecule has 4 rings (SSSR count). The average Bonchev–Trinajstić information content (AvgIpc) is 3.18. The van der Waals surface area contributed by atoms with Gasteiger partial charge in [-0.25, -0.2) is 4.39 Å². The summed E-state index contributed by atoms with van der Waals surface area (Å²) >= 11 is 0. The molecule has 1 amide bonds. The maximum absolute atomic E-state index is 14.6. The highest BCUT2D eigenvalue weighted by Crippen LogP contribution is 2.30. The molecule has 0 spiro atoms. The number of halogens is 1. The summed E-state index contributed by atoms with van der Waals surface area (Å²) in [4.78, 5) is 13.9. The van der Waals surface area contributed by atoms with Gasteiger partial charge in [0.1, 0.15) is 6.17 Å². The summed E-state index contributed by atoms with van der Waals surface area (Å²) in [6.07, 6.45) is 3.62. The molecule has 1 unspecified atom stereocenters. The van der Waals surface area contributed by atoms with E-state index in [1.54, 1.807) is 7.05 Å². The Morgan fingerprint density at radius 3 is 2.62 bits per heavy atom. The number of fused-ring (bicyclic) bond motifs is 1. The third kappa shape index (κ3) is 4.51. The molecule has 1 aliphatic rings. The molecular weight excluding hydrogens is 365 g/mol. The molecule has 2 heterocycles. The van der Waals surface area contributed by atoms with Crippen LogP contribution < -0.4 is 5.32 Å². The second-order valence-electron chi connectivity index (χ2n) is 7.88. The van der Waals surface area contributed by atoms with Gasteiger partial charge in [-0.05, 0) is 41.5 Å². The number of rotatable bonds is 6. The normalized spacial score (nSPS) is 16.8. The van der Waals surface area contributed by atoms with Gasteiger partial charge in [0.25, 0.3) is 0 Å². The summed E-state index contributed by atoms with van der Waals surface area (Å²) in [6.45, 7) is 2.25. The molecule has 1 aromatic heterocycles. The maximum Gasteiger partial charge on any atom is 0.224 e. The van der Waals surface area contributed by atoms with Crippen molar-refractivity contribution in [2.45, 2.75) is 31.5 Å². The number of nitrogens with zero attached hydrogens (tertiary/aromatic N) is 2. The largest absolute Gasteiger partial charge is 0.359 e. The molecule has 0 bridgehead atoms. The SMILES string of the molecule is CNC(=O)Cc1ccc2ccn(C3CCN(CC(F)c4ccccc4)CC3)c2c1. The minimum Gasteiger partial charge on any atom is -0.359 e. The Bertz CT molecular complexity index is 961. The van der Waals surface area contributed by atoms with Gasteiger partial charge in [0, 0.05) is 44.4 Å². The van der Waals surface area contributed by atoms with Gasteiger partial charge in [-0.15, -0.1) is 0 Å². The Hall–Kier alpha value is -2.66. The summed E-state index contributed by atoms with van der Waals surface area (Å²) in [5, 5.41) is 3.88. The fraction of sp³-hybridized carbons (Fsp3) is 0.375. The molecule has 5 heteroatoms. The fourth-order valence-electron chi connectivity index (χ4n) is 4.27. The Balaban J connectivity index is 1.41. The molecule has 1 saturated heterocycles. The molecule has 3 aromatic rings. The van der Waals surface area contributed by atoms with E-state index in [9.17, 15) is 9.18 Å². The second-order valence-corrected chi connectivity index (χ2v) is 7.88. The first kappa shape index (κ1) is 19.6. The molecular formula is C24H28FN3O. The highest BCUT2D eigenvalue weighted by atomic mass is 19.1. The highest BCUT2D eigenvalue weighted by Gasteiger charge is 2.24. The monoisotopic (exact) mass is 393 g/mol. The lowest BCUT2D eigenvalue weighted by Gasteiger charge is -2.33. The number of piperidine rings is 1. The molecule has 29 heavy (non-hydrogen) atoms. The number of likely N-dealkylation sites (tertiary alicyclic amines) is 1. The van der Waals surface area contributed by atoms with Gasteiger partial charge in [0.15, 0.2) is 0 Å². The quantitative estimate of drug-likeness (QED) is 0.679. The van der Waals surface area contributed by atoms with Crippen molar-refractivity contribution in [3.05, 3.63) is 71.9 Å². The van der Waals surface area contributed by atoms with Gasteiger partial charge in [-0.1, -0.05) is 42.5 Å². The third-order valence-corrected chi connectivity index (χ3v) is 5.96. The van der Waals surface area contributed by atoms with Crippen molar-refractivity contribution in [3.8, 4) is 0 Å². The number of carbonyl (C=O) groups is 1. The van der Waals surface area contributed by atoms with Crippen LogP contribution in [0.15, 0.2) is 60.8 Å². The lowest BCUT2D eigenvalue weighted by atomic mass is 10.0. The zero-order valence-corrected chi connectivity index (χ0v) is 16.9. The van der Waals surface area contributed by atoms with Crippen LogP contribution in [-0.4, -0.2) is 42.1 Å². The molecule has 4 nitrogen and oxygen atoms in total. The Morgan fingerprint density at radius 1 is 1.14 bits per heavy atom. The predicted octanol–water partition coefficient (Wildman–Crippen LogP) is 4.28. The van der Waals surface area contributed by atoms with Crippen LogP contribution in [-0.2, 0) is 11.2 Å². The topological polar surface area (TPSA) is 37.3 Å². The van der Waals surface area contributed by atoms with E-state index in [2.05, 4.69) is 39.2 Å². The first-order valence-corrected chi connectivity index (χ1v) is 10.4. The van der Waals surface area contributed by atoms with Crippen LogP contribution in [0.1, 0.15) is 36.2 Å². The van der Waals surface area contributed by atoms with Crippen LogP contribution in [0.5, 0.6) is 0 Å². The zero-order valence-electron chi connectivity index (χ0n) is 16.9. The first-order chi connectivity index (χ1) is 14.1. The van der Waals surface area contributed by atoms with Crippen molar-refractivity contribution in [3.63, 3.8) is 0 Å². The van der Waals surface area contributed by atoms with Crippen molar-refractivity contribution >= 4 is 16.8 Å². The maximum atomic E-state index is 14.6. The lowest BCUT2D eigenvalue weighted by molar-refractivity contribution is -0.119. The molecule has 0 aliphatic carbocycles. The minimum atomic E-state index is -0.938. The standard InChI is InChI=1S/C24H28FN3O/c1-26-24(29)16-18-7-8-20-9-14-28(23(20)15-18)21-10-12-27(13-11-21)17-22(25)19-5-3-2-4-6-19/h2-9,14-15,21-22H,10-13,16-17H2,1H3,(H,26,29). The average molecular weight is 394 g/mol. The second kappa shape index (κ2) is 8.78. The number of hydrogen-bond acceptors (Lipinski definition) is 2. The molecule has 0 saturated carbocycles. The Morgan fingerprint density at radius 2 is 1.90 bits per heavy atom. The molecule has 0 radical (unpaired) electrons. The van der Waals surface area contributed by atoms with Gasteiger partial charge in [-0.2, -0.15) is 0 Å². The van der Waals surface area contributed by atoms with E-state index >= 15 is 0 Å². The number of carbonyl (C=O) groups excluding carboxylic acids is 1. The van der Waals surface area contributed by atoms with Gasteiger partial charge in [0.05, 0.1) is 6.42 Å². The fourth-order valence-corrected chi connectivity index (χ4v) is 4.27. The van der Waals surface area contributed by atoms with E-state index in [4.69, 9.17) is 0 Å². The van der Waals surface area contributed by atoms with Crippen molar-refractivity contribution < 1.29 is 9.18 Å². The van der Waals surface area contributed by atoms with Crippen LogP contribution >= 0.6 is 0 Å². The number of amides is 1. The molecule has 1 fully saturated rings. The number of hydrogen-bond donors (Lipinski definition) is 1. The smallest absolute Gasteiger partial charge is 0.224 e. The van der Waals surface area contributed by atoms with E-state index in [1.165, 1.54) is 10.9 Å². The summed E-state index contributed by atoms with van der Waals surface area (Å²) in [6, 6.07) is 18.2. The van der Waals surface area contributed by atoms with Crippen molar-refractivity contribution in [1.29, 1.82) is 0 Å². The van der Waals surface area contributed by atoms with Gasteiger partial charge in [-0.3, -0.25) is 9.69 Å². The molecule has 1 N–H and O–H groups in total. The lowest BCUT2D eigenvalue weighted by Crippen LogP contribution is -2.36. The Labute approximate surface area is 171 Å². The summed E-state index contributed by atoms with van der Waals surface area (Å²) in [5.41, 5.74) is 2.96. The summed E-state index contributed by atoms with van der Waals surface area (Å²) < 4.78 is 16.9. The van der Waals surface area contributed by atoms with E-state index in [0.717, 1.165) is 37.1 Å². The minimum absolute atomic E-state index is 0.0231. The van der Waals surface area contributed by atoms with Crippen molar-refractivity contribution in [2.24, 2.45) is 0 Å². The number of alkyl halides is 1. The first-order valence-electron chi connectivity index (χ1n) is 10.4. The van der Waals surface area contributed by atoms with Crippen LogP contribution in [0.25, 0.3) is 10.9 Å². The molecule has 1 atom stereocenters. The van der Waals surface area contributed by atoms with Crippen molar-refractivity contribution in [1.82, 2.24) is 14.8 Å². The molecule has 2 aromatic carbocycles. The molecule has 1 aliphatic heterocycles. The van der Waals surface area contributed by atoms with E-state index in [1.807, 2.05) is 36.4 Å². The van der Waals surface area contributed by atoms with Gasteiger partial charge in [0.2, 0.25) is 5.91 Å². The summed E-state index contributed by atoms with van der Waals surface area (Å²) in [5.74, 6) is 0.0231. The van der Waals surface area contributed by atoms with Gasteiger partial charge < -0.3 is 9.88 Å². The summed E-state index contributed by atoms with van der Waals surface area (Å²) in [7, 11) is 1.66. The van der Waals surface area contributed by atoms with Crippen LogP contribution in [0.2, 0.25) is 0 Å². The van der Waals surface area contributed by atoms with E-state index in [0.29, 0.717) is 19.0 Å². The third-order valence-electron chi connectivity index (χ3n) is 5.96. The van der Waals surface area contributed by atoms with Gasteiger partial charge >= 0.3 is 0 Å². The van der Waals surface area contributed by atoms with E-state index < -0.39 is 6.17 Å². The van der Waals surface area contributed by atoms with Crippen LogP contribution in [0, 0.1) is 0 Å². The molecule has 152 valence electrons. The highest BCUT2D eigenvalue weighted by molar-refractivity contribution is 5.84. The predicted molar refractivity (Wildman–Crippen MR) is 115 cm³/mol. The van der Waals surface area contributed by atoms with E-state index in [-0.39, 0.29) is 5.91 Å². The van der Waals surface area contributed by atoms with Crippen LogP contribution in [0.3, 0.4) is 0 Å². The van der Waals surface area contributed by atoms with Crippen molar-refractivity contribution in [2.75, 3.05) is 26.7 Å².